The summed E-state index contributed by atoms with van der Waals surface area (Å²) in [4.78, 5) is 13.1. The van der Waals surface area contributed by atoms with Crippen LogP contribution >= 0.6 is 0 Å². The van der Waals surface area contributed by atoms with Gasteiger partial charge in [-0.3, -0.25) is 0 Å². The molecule has 1 aliphatic rings. The molecule has 1 heterocycles. The highest BCUT2D eigenvalue weighted by molar-refractivity contribution is 5.82. The van der Waals surface area contributed by atoms with Gasteiger partial charge in [-0.05, 0) is 45.5 Å². The van der Waals surface area contributed by atoms with E-state index in [9.17, 15) is 9.90 Å². The van der Waals surface area contributed by atoms with Gasteiger partial charge in [0.15, 0.2) is 0 Å². The minimum Gasteiger partial charge on any atom is -0.465 e. The lowest BCUT2D eigenvalue weighted by Crippen LogP contribution is -2.46. The number of amides is 1. The molecule has 4 aromatic rings. The van der Waals surface area contributed by atoms with Gasteiger partial charge in [0.1, 0.15) is 0 Å². The van der Waals surface area contributed by atoms with Crippen LogP contribution in [-0.4, -0.2) is 35.3 Å². The number of benzene rings is 4. The van der Waals surface area contributed by atoms with Crippen molar-refractivity contribution in [3.8, 4) is 11.1 Å². The normalized spacial score (nSPS) is 18.4. The smallest absolute Gasteiger partial charge is 0.407 e. The molecule has 0 unspecified atom stereocenters. The van der Waals surface area contributed by atoms with Crippen molar-refractivity contribution in [3.63, 3.8) is 0 Å². The summed E-state index contributed by atoms with van der Waals surface area (Å²) in [6.07, 6.45) is -0.342. The molecule has 33 heavy (non-hydrogen) atoms. The summed E-state index contributed by atoms with van der Waals surface area (Å²) < 4.78 is 6.41. The van der Waals surface area contributed by atoms with Gasteiger partial charge in [-0.15, -0.1) is 0 Å². The zero-order chi connectivity index (χ0) is 22.6. The van der Waals surface area contributed by atoms with E-state index in [-0.39, 0.29) is 12.0 Å². The minimum atomic E-state index is -0.884. The Labute approximate surface area is 194 Å². The molecule has 4 aromatic carbocycles. The maximum absolute atomic E-state index is 11.7. The van der Waals surface area contributed by atoms with E-state index < -0.39 is 6.09 Å². The third-order valence-corrected chi connectivity index (χ3v) is 6.53. The van der Waals surface area contributed by atoms with Gasteiger partial charge < -0.3 is 14.7 Å². The fourth-order valence-corrected chi connectivity index (χ4v) is 4.75. The molecule has 1 aliphatic heterocycles. The number of hydrogen-bond donors (Lipinski definition) is 1. The van der Waals surface area contributed by atoms with E-state index in [0.717, 1.165) is 12.0 Å². The van der Waals surface area contributed by atoms with Gasteiger partial charge in [0.05, 0.1) is 19.3 Å². The molecule has 1 saturated heterocycles. The molecule has 0 aromatic heterocycles. The third-order valence-electron chi connectivity index (χ3n) is 6.53. The number of carboxylic acid groups (broad SMARTS) is 1. The number of piperidine rings is 1. The Morgan fingerprint density at radius 2 is 1.61 bits per heavy atom. The maximum Gasteiger partial charge on any atom is 0.407 e. The van der Waals surface area contributed by atoms with Crippen molar-refractivity contribution < 1.29 is 14.6 Å². The number of fused-ring (bicyclic) bond motifs is 1. The number of hydrogen-bond acceptors (Lipinski definition) is 2. The highest BCUT2D eigenvalue weighted by Crippen LogP contribution is 2.33. The van der Waals surface area contributed by atoms with E-state index in [1.807, 2.05) is 30.3 Å². The summed E-state index contributed by atoms with van der Waals surface area (Å²) in [6.45, 7) is 1.35. The fourth-order valence-electron chi connectivity index (χ4n) is 4.75. The van der Waals surface area contributed by atoms with E-state index in [1.165, 1.54) is 32.4 Å². The van der Waals surface area contributed by atoms with Crippen molar-refractivity contribution in [1.82, 2.24) is 4.90 Å². The van der Waals surface area contributed by atoms with Gasteiger partial charge >= 0.3 is 6.09 Å². The van der Waals surface area contributed by atoms with Crippen molar-refractivity contribution >= 4 is 16.9 Å². The number of nitrogens with zero attached hydrogens (tertiary/aromatic N) is 1. The Morgan fingerprint density at radius 1 is 0.848 bits per heavy atom. The van der Waals surface area contributed by atoms with E-state index >= 15 is 0 Å². The average Bonchev–Trinajstić information content (AvgIpc) is 2.87. The van der Waals surface area contributed by atoms with E-state index in [4.69, 9.17) is 4.74 Å². The van der Waals surface area contributed by atoms with Crippen LogP contribution in [0.25, 0.3) is 21.9 Å². The maximum atomic E-state index is 11.7. The minimum absolute atomic E-state index is 0.143. The van der Waals surface area contributed by atoms with Gasteiger partial charge in [-0.25, -0.2) is 4.79 Å². The van der Waals surface area contributed by atoms with Crippen LogP contribution in [-0.2, 0) is 11.3 Å². The molecule has 2 atom stereocenters. The topological polar surface area (TPSA) is 49.8 Å². The van der Waals surface area contributed by atoms with Crippen LogP contribution < -0.4 is 0 Å². The van der Waals surface area contributed by atoms with Crippen LogP contribution in [0.4, 0.5) is 4.79 Å². The highest BCUT2D eigenvalue weighted by atomic mass is 16.5. The Bertz CT molecular complexity index is 1250. The predicted octanol–water partition coefficient (Wildman–Crippen LogP) is 6.56. The Hall–Kier alpha value is -3.63. The summed E-state index contributed by atoms with van der Waals surface area (Å²) in [5.74, 6) is 0.143. The first-order chi connectivity index (χ1) is 16.2. The molecule has 0 saturated carbocycles. The summed E-state index contributed by atoms with van der Waals surface area (Å²) in [6, 6.07) is 33.5. The van der Waals surface area contributed by atoms with Crippen molar-refractivity contribution in [2.24, 2.45) is 0 Å². The fraction of sp³-hybridized carbons (Fsp3) is 0.207. The molecular weight excluding hydrogens is 410 g/mol. The molecule has 5 rings (SSSR count). The standard InChI is InChI=1S/C29H27NO3/c31-29(32)30-16-15-27(26-12-6-11-25(18-26)22-7-2-1-3-8-22)28(19-30)33-20-21-13-14-23-9-4-5-10-24(23)17-21/h1-14,17-18,27-28H,15-16,19-20H2,(H,31,32)/t27-,28+/m1/s1. The second-order valence-corrected chi connectivity index (χ2v) is 8.65. The molecule has 0 aliphatic carbocycles. The second-order valence-electron chi connectivity index (χ2n) is 8.65. The number of likely N-dealkylation sites (tertiary alicyclic amines) is 1. The molecule has 1 N–H and O–H groups in total. The van der Waals surface area contributed by atoms with E-state index in [2.05, 4.69) is 66.7 Å². The second kappa shape index (κ2) is 9.47. The molecule has 0 bridgehead atoms. The van der Waals surface area contributed by atoms with Crippen molar-refractivity contribution in [1.29, 1.82) is 0 Å². The predicted molar refractivity (Wildman–Crippen MR) is 131 cm³/mol. The Morgan fingerprint density at radius 3 is 2.42 bits per heavy atom. The Balaban J connectivity index is 1.39. The summed E-state index contributed by atoms with van der Waals surface area (Å²) in [5.41, 5.74) is 4.64. The zero-order valence-corrected chi connectivity index (χ0v) is 18.4. The monoisotopic (exact) mass is 437 g/mol. The van der Waals surface area contributed by atoms with Crippen LogP contribution in [0.3, 0.4) is 0 Å². The van der Waals surface area contributed by atoms with E-state index in [1.54, 1.807) is 0 Å². The van der Waals surface area contributed by atoms with Crippen molar-refractivity contribution in [2.75, 3.05) is 13.1 Å². The van der Waals surface area contributed by atoms with E-state index in [0.29, 0.717) is 19.7 Å². The molecule has 166 valence electrons. The van der Waals surface area contributed by atoms with Gasteiger partial charge in [0.25, 0.3) is 0 Å². The molecule has 1 amide bonds. The molecule has 4 heteroatoms. The van der Waals surface area contributed by atoms with Crippen LogP contribution in [0.1, 0.15) is 23.5 Å². The lowest BCUT2D eigenvalue weighted by molar-refractivity contribution is -0.0199. The number of carbonyl (C=O) groups is 1. The molecular formula is C29H27NO3. The van der Waals surface area contributed by atoms with Crippen LogP contribution in [0, 0.1) is 0 Å². The molecule has 4 nitrogen and oxygen atoms in total. The first kappa shape index (κ1) is 21.2. The number of rotatable bonds is 5. The van der Waals surface area contributed by atoms with Crippen LogP contribution in [0.15, 0.2) is 97.1 Å². The largest absolute Gasteiger partial charge is 0.465 e. The van der Waals surface area contributed by atoms with Gasteiger partial charge in [0, 0.05) is 12.5 Å². The zero-order valence-electron chi connectivity index (χ0n) is 18.4. The summed E-state index contributed by atoms with van der Waals surface area (Å²) in [5, 5.41) is 12.0. The van der Waals surface area contributed by atoms with Gasteiger partial charge in [-0.1, -0.05) is 91.0 Å². The van der Waals surface area contributed by atoms with Gasteiger partial charge in [-0.2, -0.15) is 0 Å². The van der Waals surface area contributed by atoms with Crippen LogP contribution in [0.5, 0.6) is 0 Å². The first-order valence-electron chi connectivity index (χ1n) is 11.4. The summed E-state index contributed by atoms with van der Waals surface area (Å²) in [7, 11) is 0. The lowest BCUT2D eigenvalue weighted by atomic mass is 9.85. The SMILES string of the molecule is O=C(O)N1CC[C@H](c2cccc(-c3ccccc3)c2)[C@@H](OCc2ccc3ccccc3c2)C1. The lowest BCUT2D eigenvalue weighted by Gasteiger charge is -2.37. The molecule has 1 fully saturated rings. The molecule has 0 radical (unpaired) electrons. The first-order valence-corrected chi connectivity index (χ1v) is 11.4. The quantitative estimate of drug-likeness (QED) is 0.385. The Kier molecular flexibility index (Phi) is 6.09. The van der Waals surface area contributed by atoms with Gasteiger partial charge in [0.2, 0.25) is 0 Å². The summed E-state index contributed by atoms with van der Waals surface area (Å²) >= 11 is 0. The van der Waals surface area contributed by atoms with Crippen molar-refractivity contribution in [2.45, 2.75) is 25.0 Å². The highest BCUT2D eigenvalue weighted by Gasteiger charge is 2.33. The average molecular weight is 438 g/mol. The van der Waals surface area contributed by atoms with Crippen molar-refractivity contribution in [3.05, 3.63) is 108 Å². The number of ether oxygens (including phenoxy) is 1. The molecule has 0 spiro atoms. The third kappa shape index (κ3) is 4.76. The van der Waals surface area contributed by atoms with Crippen LogP contribution in [0.2, 0.25) is 0 Å².